The number of aliphatic carboxylic acids is 1. The Morgan fingerprint density at radius 3 is 2.88 bits per heavy atom. The summed E-state index contributed by atoms with van der Waals surface area (Å²) < 4.78 is 31.2. The highest BCUT2D eigenvalue weighted by atomic mass is 19.1. The van der Waals surface area contributed by atoms with Crippen molar-refractivity contribution in [3.05, 3.63) is 41.8 Å². The Morgan fingerprint density at radius 1 is 1.41 bits per heavy atom. The fourth-order valence-corrected chi connectivity index (χ4v) is 1.33. The van der Waals surface area contributed by atoms with Gasteiger partial charge in [0.1, 0.15) is 17.9 Å². The number of hydrogen-bond acceptors (Lipinski definition) is 3. The minimum Gasteiger partial charge on any atom is -0.481 e. The molecule has 0 bridgehead atoms. The van der Waals surface area contributed by atoms with Crippen LogP contribution in [0.1, 0.15) is 5.69 Å². The van der Waals surface area contributed by atoms with Crippen molar-refractivity contribution in [2.75, 3.05) is 0 Å². The Bertz CT molecular complexity index is 566. The fraction of sp³-hybridized carbons (Fsp3) is 0.0909. The van der Waals surface area contributed by atoms with Gasteiger partial charge in [-0.2, -0.15) is 0 Å². The molecule has 4 nitrogen and oxygen atoms in total. The first-order valence-electron chi connectivity index (χ1n) is 4.68. The van der Waals surface area contributed by atoms with E-state index < -0.39 is 17.6 Å². The van der Waals surface area contributed by atoms with E-state index in [-0.39, 0.29) is 23.6 Å². The third-order valence-corrected chi connectivity index (χ3v) is 2.04. The quantitative estimate of drug-likeness (QED) is 0.892. The number of hydrogen-bond donors (Lipinski definition) is 1. The second-order valence-electron chi connectivity index (χ2n) is 3.34. The van der Waals surface area contributed by atoms with Crippen LogP contribution in [0, 0.1) is 11.6 Å². The summed E-state index contributed by atoms with van der Waals surface area (Å²) in [6.45, 7) is 0. The number of carboxylic acids is 1. The van der Waals surface area contributed by atoms with Gasteiger partial charge in [0, 0.05) is 0 Å². The molecule has 0 aliphatic rings. The highest BCUT2D eigenvalue weighted by Crippen LogP contribution is 2.23. The van der Waals surface area contributed by atoms with Crippen LogP contribution in [0.2, 0.25) is 0 Å². The molecule has 17 heavy (non-hydrogen) atoms. The first kappa shape index (κ1) is 11.3. The highest BCUT2D eigenvalue weighted by molar-refractivity contribution is 5.69. The maximum absolute atomic E-state index is 13.3. The molecule has 1 heterocycles. The Morgan fingerprint density at radius 2 is 2.18 bits per heavy atom. The maximum atomic E-state index is 13.3. The van der Waals surface area contributed by atoms with Crippen LogP contribution < -0.4 is 0 Å². The van der Waals surface area contributed by atoms with E-state index in [1.165, 1.54) is 0 Å². The summed E-state index contributed by atoms with van der Waals surface area (Å²) in [5.41, 5.74) is 0.0119. The van der Waals surface area contributed by atoms with Crippen molar-refractivity contribution in [1.82, 2.24) is 4.98 Å². The standard InChI is InChI=1S/C11H7F2NO3/c12-6-1-2-9(13)8(3-6)11-14-7(5-17-11)4-10(15)16/h1-3,5H,4H2,(H,15,16). The Hall–Kier alpha value is -2.24. The van der Waals surface area contributed by atoms with Crippen LogP contribution in [0.4, 0.5) is 8.78 Å². The Balaban J connectivity index is 2.36. The molecule has 0 saturated carbocycles. The average Bonchev–Trinajstić information content (AvgIpc) is 2.69. The predicted octanol–water partition coefficient (Wildman–Crippen LogP) is 2.25. The number of carboxylic acid groups (broad SMARTS) is 1. The normalized spacial score (nSPS) is 10.5. The predicted molar refractivity (Wildman–Crippen MR) is 53.2 cm³/mol. The first-order valence-corrected chi connectivity index (χ1v) is 4.68. The monoisotopic (exact) mass is 239 g/mol. The van der Waals surface area contributed by atoms with Crippen LogP contribution in [0.3, 0.4) is 0 Å². The molecule has 0 atom stereocenters. The lowest BCUT2D eigenvalue weighted by Gasteiger charge is -1.97. The van der Waals surface area contributed by atoms with E-state index in [0.717, 1.165) is 24.5 Å². The Labute approximate surface area is 94.5 Å². The Kier molecular flexibility index (Phi) is 2.86. The van der Waals surface area contributed by atoms with E-state index in [9.17, 15) is 13.6 Å². The van der Waals surface area contributed by atoms with Crippen molar-refractivity contribution >= 4 is 5.97 Å². The van der Waals surface area contributed by atoms with E-state index in [4.69, 9.17) is 9.52 Å². The van der Waals surface area contributed by atoms with Gasteiger partial charge in [-0.05, 0) is 18.2 Å². The van der Waals surface area contributed by atoms with E-state index in [1.54, 1.807) is 0 Å². The summed E-state index contributed by atoms with van der Waals surface area (Å²) in [4.78, 5) is 14.2. The third kappa shape index (κ3) is 2.47. The summed E-state index contributed by atoms with van der Waals surface area (Å²) in [6, 6.07) is 2.86. The molecule has 6 heteroatoms. The second-order valence-corrected chi connectivity index (χ2v) is 3.34. The van der Waals surface area contributed by atoms with Crippen molar-refractivity contribution in [3.63, 3.8) is 0 Å². The van der Waals surface area contributed by atoms with Crippen molar-refractivity contribution in [2.24, 2.45) is 0 Å². The van der Waals surface area contributed by atoms with Crippen LogP contribution in [-0.2, 0) is 11.2 Å². The van der Waals surface area contributed by atoms with Gasteiger partial charge in [-0.1, -0.05) is 0 Å². The van der Waals surface area contributed by atoms with Gasteiger partial charge in [-0.3, -0.25) is 4.79 Å². The van der Waals surface area contributed by atoms with Crippen LogP contribution in [0.5, 0.6) is 0 Å². The van der Waals surface area contributed by atoms with Gasteiger partial charge in [0.25, 0.3) is 0 Å². The van der Waals surface area contributed by atoms with Gasteiger partial charge in [0.15, 0.2) is 0 Å². The molecule has 88 valence electrons. The van der Waals surface area contributed by atoms with Crippen LogP contribution in [0.25, 0.3) is 11.5 Å². The van der Waals surface area contributed by atoms with Crippen molar-refractivity contribution in [2.45, 2.75) is 6.42 Å². The molecule has 0 spiro atoms. The van der Waals surface area contributed by atoms with Crippen molar-refractivity contribution in [3.8, 4) is 11.5 Å². The lowest BCUT2D eigenvalue weighted by molar-refractivity contribution is -0.136. The maximum Gasteiger partial charge on any atom is 0.309 e. The lowest BCUT2D eigenvalue weighted by Crippen LogP contribution is -2.00. The van der Waals surface area contributed by atoms with Crippen LogP contribution >= 0.6 is 0 Å². The van der Waals surface area contributed by atoms with E-state index in [1.807, 2.05) is 0 Å². The second kappa shape index (κ2) is 4.32. The zero-order chi connectivity index (χ0) is 12.4. The highest BCUT2D eigenvalue weighted by Gasteiger charge is 2.13. The van der Waals surface area contributed by atoms with Crippen molar-refractivity contribution < 1.29 is 23.1 Å². The van der Waals surface area contributed by atoms with Crippen LogP contribution in [-0.4, -0.2) is 16.1 Å². The number of carbonyl (C=O) groups is 1. The first-order chi connectivity index (χ1) is 8.06. The topological polar surface area (TPSA) is 63.3 Å². The summed E-state index contributed by atoms with van der Waals surface area (Å²) in [6.07, 6.45) is 0.772. The largest absolute Gasteiger partial charge is 0.481 e. The van der Waals surface area contributed by atoms with Gasteiger partial charge in [-0.15, -0.1) is 0 Å². The smallest absolute Gasteiger partial charge is 0.309 e. The lowest BCUT2D eigenvalue weighted by atomic mass is 10.2. The molecule has 0 radical (unpaired) electrons. The zero-order valence-corrected chi connectivity index (χ0v) is 8.48. The molecular weight excluding hydrogens is 232 g/mol. The van der Waals surface area contributed by atoms with E-state index in [0.29, 0.717) is 0 Å². The molecule has 2 aromatic rings. The molecule has 0 saturated heterocycles. The van der Waals surface area contributed by atoms with Gasteiger partial charge < -0.3 is 9.52 Å². The molecule has 1 aromatic heterocycles. The molecule has 2 rings (SSSR count). The number of rotatable bonds is 3. The summed E-state index contributed by atoms with van der Waals surface area (Å²) >= 11 is 0. The number of halogens is 2. The van der Waals surface area contributed by atoms with Gasteiger partial charge in [-0.25, -0.2) is 13.8 Å². The molecule has 0 amide bonds. The molecule has 0 fully saturated rings. The van der Waals surface area contributed by atoms with E-state index in [2.05, 4.69) is 4.98 Å². The average molecular weight is 239 g/mol. The number of oxazole rings is 1. The zero-order valence-electron chi connectivity index (χ0n) is 8.48. The number of nitrogens with zero attached hydrogens (tertiary/aromatic N) is 1. The molecule has 0 aliphatic carbocycles. The van der Waals surface area contributed by atoms with Gasteiger partial charge in [0.2, 0.25) is 5.89 Å². The van der Waals surface area contributed by atoms with Crippen molar-refractivity contribution in [1.29, 1.82) is 0 Å². The van der Waals surface area contributed by atoms with E-state index >= 15 is 0 Å². The molecule has 1 N–H and O–H groups in total. The molecule has 0 aliphatic heterocycles. The SMILES string of the molecule is O=C(O)Cc1coc(-c2cc(F)ccc2F)n1. The minimum absolute atomic E-state index is 0.137. The van der Waals surface area contributed by atoms with Gasteiger partial charge in [0.05, 0.1) is 17.7 Å². The molecule has 1 aromatic carbocycles. The number of benzene rings is 1. The third-order valence-electron chi connectivity index (χ3n) is 2.04. The fourth-order valence-electron chi connectivity index (χ4n) is 1.33. The molecule has 0 unspecified atom stereocenters. The summed E-state index contributed by atoms with van der Waals surface area (Å²) in [5, 5.41) is 8.53. The molecular formula is C11H7F2NO3. The van der Waals surface area contributed by atoms with Crippen LogP contribution in [0.15, 0.2) is 28.9 Å². The number of aromatic nitrogens is 1. The summed E-state index contributed by atoms with van der Waals surface area (Å²) in [5.74, 6) is -2.53. The minimum atomic E-state index is -1.08. The van der Waals surface area contributed by atoms with Gasteiger partial charge >= 0.3 is 5.97 Å². The summed E-state index contributed by atoms with van der Waals surface area (Å²) in [7, 11) is 0.